The number of piperazine rings is 1. The summed E-state index contributed by atoms with van der Waals surface area (Å²) in [6.07, 6.45) is 11.6. The SMILES string of the molecule is CCS(=O)(=O)c1ccc(OC(CCCCN2CCN(c3ncc(C(=O)NC4C(C)(C)C(Oc5ccc(C#N)c(Cl)c5)C4(C)C)cn3)CC2)C2CC2)c(-c2cn(C)c(=O)c3[nH]ccc23)c1. The number of carbonyl (C=O) groups is 1. The Morgan fingerprint density at radius 3 is 2.39 bits per heavy atom. The number of hydrogen-bond donors (Lipinski definition) is 2. The number of sulfone groups is 1. The van der Waals surface area contributed by atoms with E-state index in [1.165, 1.54) is 4.57 Å². The normalized spacial score (nSPS) is 20.0. The van der Waals surface area contributed by atoms with Crippen molar-refractivity contribution in [1.82, 2.24) is 29.7 Å². The maximum absolute atomic E-state index is 13.5. The van der Waals surface area contributed by atoms with Gasteiger partial charge < -0.3 is 29.2 Å². The van der Waals surface area contributed by atoms with Gasteiger partial charge in [0.15, 0.2) is 9.84 Å². The molecule has 8 rings (SSSR count). The average Bonchev–Trinajstić information content (AvgIpc) is 4.02. The van der Waals surface area contributed by atoms with Crippen molar-refractivity contribution in [3.8, 4) is 28.7 Å². The first-order chi connectivity index (χ1) is 30.5. The van der Waals surface area contributed by atoms with Gasteiger partial charge in [-0.3, -0.25) is 14.5 Å². The number of ether oxygens (including phenoxy) is 2. The van der Waals surface area contributed by atoms with Crippen molar-refractivity contribution in [2.24, 2.45) is 23.8 Å². The molecule has 2 aliphatic carbocycles. The second-order valence-corrected chi connectivity index (χ2v) is 21.4. The lowest BCUT2D eigenvalue weighted by Gasteiger charge is -2.63. The number of nitriles is 1. The van der Waals surface area contributed by atoms with Gasteiger partial charge in [-0.25, -0.2) is 18.4 Å². The molecule has 1 saturated heterocycles. The van der Waals surface area contributed by atoms with Crippen LogP contribution >= 0.6 is 11.6 Å². The molecule has 0 spiro atoms. The minimum atomic E-state index is -3.48. The maximum Gasteiger partial charge on any atom is 0.274 e. The smallest absolute Gasteiger partial charge is 0.274 e. The van der Waals surface area contributed by atoms with E-state index in [2.05, 4.69) is 63.8 Å². The maximum atomic E-state index is 13.5. The van der Waals surface area contributed by atoms with Gasteiger partial charge >= 0.3 is 0 Å². The van der Waals surface area contributed by atoms with Crippen molar-refractivity contribution in [3.05, 3.63) is 93.8 Å². The highest BCUT2D eigenvalue weighted by Gasteiger charge is 2.64. The number of aromatic nitrogens is 4. The summed E-state index contributed by atoms with van der Waals surface area (Å²) >= 11 is 6.26. The van der Waals surface area contributed by atoms with Gasteiger partial charge in [-0.05, 0) is 81.0 Å². The first kappa shape index (κ1) is 45.1. The Morgan fingerprint density at radius 2 is 1.73 bits per heavy atom. The third-order valence-corrected chi connectivity index (χ3v) is 15.5. The number of aryl methyl sites for hydroxylation is 1. The van der Waals surface area contributed by atoms with Crippen molar-refractivity contribution in [3.63, 3.8) is 0 Å². The predicted molar refractivity (Wildman–Crippen MR) is 248 cm³/mol. The lowest BCUT2D eigenvalue weighted by molar-refractivity contribution is -0.164. The molecule has 0 radical (unpaired) electrons. The third kappa shape index (κ3) is 8.97. The topological polar surface area (TPSA) is 176 Å². The molecule has 338 valence electrons. The summed E-state index contributed by atoms with van der Waals surface area (Å²) in [5, 5.41) is 13.5. The number of hydrogen-bond acceptors (Lipinski definition) is 11. The van der Waals surface area contributed by atoms with Crippen LogP contribution in [0.4, 0.5) is 5.95 Å². The molecule has 0 bridgehead atoms. The van der Waals surface area contributed by atoms with E-state index < -0.39 is 20.7 Å². The number of unbranched alkanes of at least 4 members (excludes halogenated alkanes) is 1. The molecule has 3 fully saturated rings. The predicted octanol–water partition coefficient (Wildman–Crippen LogP) is 7.40. The molecule has 2 aromatic carbocycles. The summed E-state index contributed by atoms with van der Waals surface area (Å²) in [4.78, 5) is 43.5. The van der Waals surface area contributed by atoms with E-state index in [0.29, 0.717) is 50.6 Å². The quantitative estimate of drug-likeness (QED) is 0.0944. The minimum Gasteiger partial charge on any atom is -0.489 e. The van der Waals surface area contributed by atoms with Crippen LogP contribution in [0.2, 0.25) is 5.02 Å². The standard InChI is InChI=1S/C48H57ClN8O6S/c1-7-64(60,61)34-15-16-40(36(25-34)37-29-55(6)43(59)41-35(37)17-18-51-41)63-39(30-11-12-30)10-8-9-19-56-20-22-57(23-21-56)46-52-27-32(28-53-46)42(58)54-44-47(2,3)45(48(44,4)5)62-33-14-13-31(26-50)38(49)24-33/h13-18,24-25,27-30,39,44-45,51H,7-12,19-23H2,1-6H3,(H,54,58). The molecule has 1 atom stereocenters. The van der Waals surface area contributed by atoms with E-state index in [1.54, 1.807) is 75.2 Å². The highest BCUT2D eigenvalue weighted by Crippen LogP contribution is 2.55. The Kier molecular flexibility index (Phi) is 12.6. The van der Waals surface area contributed by atoms with Gasteiger partial charge in [0.05, 0.1) is 26.8 Å². The van der Waals surface area contributed by atoms with Crippen LogP contribution in [0.3, 0.4) is 0 Å². The Hall–Kier alpha value is -5.43. The molecule has 4 heterocycles. The first-order valence-electron chi connectivity index (χ1n) is 22.2. The molecule has 1 aliphatic heterocycles. The number of amides is 1. The molecule has 5 aromatic rings. The Balaban J connectivity index is 0.826. The summed E-state index contributed by atoms with van der Waals surface area (Å²) in [6.45, 7) is 14.2. The van der Waals surface area contributed by atoms with Gasteiger partial charge in [-0.1, -0.05) is 46.2 Å². The van der Waals surface area contributed by atoms with E-state index in [1.807, 2.05) is 6.07 Å². The Bertz CT molecular complexity index is 2730. The first-order valence-corrected chi connectivity index (χ1v) is 24.2. The molecular formula is C48H57ClN8O6S. The second-order valence-electron chi connectivity index (χ2n) is 18.7. The van der Waals surface area contributed by atoms with Gasteiger partial charge in [0.2, 0.25) is 5.95 Å². The molecule has 3 aromatic heterocycles. The Labute approximate surface area is 379 Å². The van der Waals surface area contributed by atoms with Crippen LogP contribution in [-0.4, -0.2) is 95.5 Å². The molecule has 1 unspecified atom stereocenters. The fourth-order valence-corrected chi connectivity index (χ4v) is 11.1. The zero-order chi connectivity index (χ0) is 45.6. The van der Waals surface area contributed by atoms with Gasteiger partial charge in [-0.2, -0.15) is 5.26 Å². The third-order valence-electron chi connectivity index (χ3n) is 13.5. The highest BCUT2D eigenvalue weighted by molar-refractivity contribution is 7.91. The van der Waals surface area contributed by atoms with Gasteiger partial charge in [0.25, 0.3) is 11.5 Å². The molecule has 16 heteroatoms. The van der Waals surface area contributed by atoms with Crippen LogP contribution in [0.5, 0.6) is 11.5 Å². The van der Waals surface area contributed by atoms with Gasteiger partial charge in [0, 0.05) is 97.5 Å². The van der Waals surface area contributed by atoms with E-state index >= 15 is 0 Å². The fourth-order valence-electron chi connectivity index (χ4n) is 9.95. The van der Waals surface area contributed by atoms with Crippen molar-refractivity contribution >= 4 is 44.2 Å². The molecule has 64 heavy (non-hydrogen) atoms. The summed E-state index contributed by atoms with van der Waals surface area (Å²) in [7, 11) is -1.78. The number of H-pyrrole nitrogens is 1. The lowest BCUT2D eigenvalue weighted by Crippen LogP contribution is -2.74. The van der Waals surface area contributed by atoms with E-state index in [-0.39, 0.29) is 40.4 Å². The summed E-state index contributed by atoms with van der Waals surface area (Å²) in [5.74, 6) is 2.01. The van der Waals surface area contributed by atoms with Crippen LogP contribution in [-0.2, 0) is 16.9 Å². The lowest BCUT2D eigenvalue weighted by atomic mass is 9.49. The molecule has 2 N–H and O–H groups in total. The van der Waals surface area contributed by atoms with Crippen LogP contribution in [0.15, 0.2) is 76.9 Å². The summed E-state index contributed by atoms with van der Waals surface area (Å²) in [5.41, 5.74) is 1.72. The van der Waals surface area contributed by atoms with Crippen LogP contribution in [0.25, 0.3) is 22.0 Å². The minimum absolute atomic E-state index is 0.00143. The number of fused-ring (bicyclic) bond motifs is 1. The van der Waals surface area contributed by atoms with Crippen molar-refractivity contribution < 1.29 is 22.7 Å². The number of nitrogens with one attached hydrogen (secondary N) is 2. The van der Waals surface area contributed by atoms with Crippen LogP contribution in [0.1, 0.15) is 82.6 Å². The monoisotopic (exact) mass is 908 g/mol. The number of carbonyl (C=O) groups excluding carboxylic acids is 1. The Morgan fingerprint density at radius 1 is 1.02 bits per heavy atom. The molecule has 1 amide bonds. The zero-order valence-corrected chi connectivity index (χ0v) is 38.9. The summed E-state index contributed by atoms with van der Waals surface area (Å²) < 4.78 is 40.7. The largest absolute Gasteiger partial charge is 0.489 e. The summed E-state index contributed by atoms with van der Waals surface area (Å²) in [6, 6.07) is 13.9. The molecular weight excluding hydrogens is 852 g/mol. The number of halogens is 1. The molecule has 3 aliphatic rings. The number of rotatable bonds is 16. The van der Waals surface area contributed by atoms with Crippen LogP contribution in [0, 0.1) is 28.1 Å². The second kappa shape index (κ2) is 17.9. The van der Waals surface area contributed by atoms with Crippen molar-refractivity contribution in [2.75, 3.05) is 43.4 Å². The number of aromatic amines is 1. The molecule has 2 saturated carbocycles. The van der Waals surface area contributed by atoms with E-state index in [0.717, 1.165) is 75.8 Å². The average molecular weight is 910 g/mol. The van der Waals surface area contributed by atoms with E-state index in [4.69, 9.17) is 21.1 Å². The number of nitrogens with zero attached hydrogens (tertiary/aromatic N) is 6. The van der Waals surface area contributed by atoms with Crippen LogP contribution < -0.4 is 25.2 Å². The molecule has 14 nitrogen and oxygen atoms in total. The number of anilines is 1. The highest BCUT2D eigenvalue weighted by atomic mass is 35.5. The number of benzene rings is 2. The van der Waals surface area contributed by atoms with E-state index in [9.17, 15) is 23.3 Å². The zero-order valence-electron chi connectivity index (χ0n) is 37.4. The van der Waals surface area contributed by atoms with Crippen molar-refractivity contribution in [2.45, 2.75) is 89.9 Å². The van der Waals surface area contributed by atoms with Gasteiger partial charge in [-0.15, -0.1) is 0 Å². The van der Waals surface area contributed by atoms with Crippen molar-refractivity contribution in [1.29, 1.82) is 5.26 Å². The number of pyridine rings is 1. The van der Waals surface area contributed by atoms with Gasteiger partial charge in [0.1, 0.15) is 35.3 Å². The fraction of sp³-hybridized carbons (Fsp3) is 0.479.